The number of ether oxygens (including phenoxy) is 1. The Bertz CT molecular complexity index is 439. The number of rotatable bonds is 6. The van der Waals surface area contributed by atoms with E-state index in [0.717, 1.165) is 5.56 Å². The molecule has 0 aliphatic carbocycles. The average Bonchev–Trinajstić information content (AvgIpc) is 2.36. The van der Waals surface area contributed by atoms with E-state index in [4.69, 9.17) is 9.84 Å². The van der Waals surface area contributed by atoms with Crippen LogP contribution in [0.25, 0.3) is 0 Å². The summed E-state index contributed by atoms with van der Waals surface area (Å²) in [5, 5.41) is 8.79. The molecule has 1 N–H and O–H groups in total. The topological polar surface area (TPSA) is 66.8 Å². The Morgan fingerprint density at radius 1 is 1.26 bits per heavy atom. The van der Waals surface area contributed by atoms with Crippen LogP contribution in [0.15, 0.2) is 24.3 Å². The third-order valence-corrected chi connectivity index (χ3v) is 2.59. The second-order valence-electron chi connectivity index (χ2n) is 4.61. The number of hydrogen-bond acceptors (Lipinski definition) is 3. The Labute approximate surface area is 112 Å². The van der Waals surface area contributed by atoms with Crippen LogP contribution < -0.4 is 0 Å². The summed E-state index contributed by atoms with van der Waals surface area (Å²) in [4.78, 5) is 24.0. The molecule has 0 bridgehead atoms. The maximum absolute atomic E-state index is 11.7. The van der Waals surface area contributed by atoms with Gasteiger partial charge in [-0.15, -0.1) is 0 Å². The van der Waals surface area contributed by atoms with E-state index in [1.165, 1.54) is 12.1 Å². The van der Waals surface area contributed by atoms with E-state index >= 15 is 0 Å². The van der Waals surface area contributed by atoms with Gasteiger partial charge >= 0.3 is 5.97 Å². The number of carbonyl (C=O) groups is 2. The van der Waals surface area contributed by atoms with Gasteiger partial charge in [0.2, 0.25) is 5.91 Å². The lowest BCUT2D eigenvalue weighted by Crippen LogP contribution is -2.30. The molecule has 1 amide bonds. The van der Waals surface area contributed by atoms with Gasteiger partial charge in [0.25, 0.3) is 0 Å². The van der Waals surface area contributed by atoms with Gasteiger partial charge in [-0.25, -0.2) is 4.79 Å². The molecule has 1 aromatic carbocycles. The summed E-state index contributed by atoms with van der Waals surface area (Å²) in [5.74, 6) is -1.06. The number of carboxylic acids is 1. The van der Waals surface area contributed by atoms with Crippen molar-refractivity contribution in [2.45, 2.75) is 26.5 Å². The van der Waals surface area contributed by atoms with Crippen LogP contribution in [-0.4, -0.2) is 41.6 Å². The molecular formula is C14H19NO4. The summed E-state index contributed by atoms with van der Waals surface area (Å²) >= 11 is 0. The average molecular weight is 265 g/mol. The van der Waals surface area contributed by atoms with Crippen LogP contribution in [0.5, 0.6) is 0 Å². The first-order valence-electron chi connectivity index (χ1n) is 6.08. The lowest BCUT2D eigenvalue weighted by molar-refractivity contribution is -0.136. The zero-order valence-corrected chi connectivity index (χ0v) is 11.4. The van der Waals surface area contributed by atoms with Crippen molar-refractivity contribution >= 4 is 11.9 Å². The molecule has 0 atom stereocenters. The standard InChI is InChI=1S/C14H19NO4/c1-10(2)19-9-13(16)15(3)8-11-4-6-12(7-5-11)14(17)18/h4-7,10H,8-9H2,1-3H3,(H,17,18). The summed E-state index contributed by atoms with van der Waals surface area (Å²) in [6.45, 7) is 4.23. The summed E-state index contributed by atoms with van der Waals surface area (Å²) in [6, 6.07) is 6.47. The van der Waals surface area contributed by atoms with Crippen molar-refractivity contribution < 1.29 is 19.4 Å². The molecule has 104 valence electrons. The SMILES string of the molecule is CC(C)OCC(=O)N(C)Cc1ccc(C(=O)O)cc1. The van der Waals surface area contributed by atoms with E-state index in [0.29, 0.717) is 6.54 Å². The molecule has 5 nitrogen and oxygen atoms in total. The number of hydrogen-bond donors (Lipinski definition) is 1. The van der Waals surface area contributed by atoms with Crippen molar-refractivity contribution in [3.63, 3.8) is 0 Å². The van der Waals surface area contributed by atoms with Gasteiger partial charge in [0.05, 0.1) is 11.7 Å². The molecule has 0 radical (unpaired) electrons. The van der Waals surface area contributed by atoms with Crippen LogP contribution in [0.2, 0.25) is 0 Å². The fourth-order valence-electron chi connectivity index (χ4n) is 1.46. The molecule has 0 aromatic heterocycles. The number of benzene rings is 1. The Hall–Kier alpha value is -1.88. The molecule has 0 saturated heterocycles. The van der Waals surface area contributed by atoms with Crippen LogP contribution in [0, 0.1) is 0 Å². The second-order valence-corrected chi connectivity index (χ2v) is 4.61. The first-order valence-corrected chi connectivity index (χ1v) is 6.08. The third-order valence-electron chi connectivity index (χ3n) is 2.59. The lowest BCUT2D eigenvalue weighted by atomic mass is 10.1. The molecule has 5 heteroatoms. The number of carboxylic acid groups (broad SMARTS) is 1. The zero-order chi connectivity index (χ0) is 14.4. The first-order chi connectivity index (χ1) is 8.90. The van der Waals surface area contributed by atoms with Gasteiger partial charge in [-0.05, 0) is 31.5 Å². The van der Waals surface area contributed by atoms with E-state index in [2.05, 4.69) is 0 Å². The summed E-state index contributed by atoms with van der Waals surface area (Å²) < 4.78 is 5.24. The highest BCUT2D eigenvalue weighted by Gasteiger charge is 2.10. The predicted molar refractivity (Wildman–Crippen MR) is 71.0 cm³/mol. The molecule has 1 rings (SSSR count). The van der Waals surface area contributed by atoms with E-state index in [9.17, 15) is 9.59 Å². The molecule has 0 spiro atoms. The molecule has 1 aromatic rings. The Kier molecular flexibility index (Phi) is 5.51. The molecule has 0 unspecified atom stereocenters. The van der Waals surface area contributed by atoms with Crippen LogP contribution in [0.3, 0.4) is 0 Å². The smallest absolute Gasteiger partial charge is 0.335 e. The predicted octanol–water partition coefficient (Wildman–Crippen LogP) is 1.77. The van der Waals surface area contributed by atoms with Gasteiger partial charge < -0.3 is 14.7 Å². The molecule has 0 fully saturated rings. The summed E-state index contributed by atoms with van der Waals surface area (Å²) in [7, 11) is 1.69. The number of nitrogens with zero attached hydrogens (tertiary/aromatic N) is 1. The molecule has 0 saturated carbocycles. The normalized spacial score (nSPS) is 10.5. The monoisotopic (exact) mass is 265 g/mol. The summed E-state index contributed by atoms with van der Waals surface area (Å²) in [5.41, 5.74) is 1.12. The fourth-order valence-corrected chi connectivity index (χ4v) is 1.46. The molecule has 0 heterocycles. The van der Waals surface area contributed by atoms with E-state index in [1.54, 1.807) is 24.1 Å². The van der Waals surface area contributed by atoms with E-state index in [-0.39, 0.29) is 24.2 Å². The van der Waals surface area contributed by atoms with Crippen LogP contribution >= 0.6 is 0 Å². The third kappa shape index (κ3) is 5.09. The van der Waals surface area contributed by atoms with E-state index in [1.807, 2.05) is 13.8 Å². The highest BCUT2D eigenvalue weighted by atomic mass is 16.5. The van der Waals surface area contributed by atoms with Crippen molar-refractivity contribution in [3.8, 4) is 0 Å². The molecule has 19 heavy (non-hydrogen) atoms. The second kappa shape index (κ2) is 6.89. The zero-order valence-electron chi connectivity index (χ0n) is 11.4. The van der Waals surface area contributed by atoms with Crippen molar-refractivity contribution in [2.24, 2.45) is 0 Å². The minimum absolute atomic E-state index is 0.0206. The van der Waals surface area contributed by atoms with Crippen LogP contribution in [0.1, 0.15) is 29.8 Å². The Balaban J connectivity index is 2.54. The maximum atomic E-state index is 11.7. The van der Waals surface area contributed by atoms with Crippen molar-refractivity contribution in [1.29, 1.82) is 0 Å². The number of aromatic carboxylic acids is 1. The lowest BCUT2D eigenvalue weighted by Gasteiger charge is -2.18. The van der Waals surface area contributed by atoms with Gasteiger partial charge in [-0.2, -0.15) is 0 Å². The highest BCUT2D eigenvalue weighted by Crippen LogP contribution is 2.07. The van der Waals surface area contributed by atoms with Crippen molar-refractivity contribution in [3.05, 3.63) is 35.4 Å². The van der Waals surface area contributed by atoms with Crippen molar-refractivity contribution in [1.82, 2.24) is 4.90 Å². The van der Waals surface area contributed by atoms with Gasteiger partial charge in [-0.3, -0.25) is 4.79 Å². The minimum Gasteiger partial charge on any atom is -0.478 e. The van der Waals surface area contributed by atoms with Crippen molar-refractivity contribution in [2.75, 3.05) is 13.7 Å². The quantitative estimate of drug-likeness (QED) is 0.851. The van der Waals surface area contributed by atoms with Crippen LogP contribution in [-0.2, 0) is 16.1 Å². The van der Waals surface area contributed by atoms with Gasteiger partial charge in [0.15, 0.2) is 0 Å². The first kappa shape index (κ1) is 15.2. The van der Waals surface area contributed by atoms with Crippen LogP contribution in [0.4, 0.5) is 0 Å². The number of likely N-dealkylation sites (N-methyl/N-ethyl adjacent to an activating group) is 1. The maximum Gasteiger partial charge on any atom is 0.335 e. The number of amides is 1. The Morgan fingerprint density at radius 2 is 1.84 bits per heavy atom. The Morgan fingerprint density at radius 3 is 2.32 bits per heavy atom. The highest BCUT2D eigenvalue weighted by molar-refractivity contribution is 5.87. The largest absolute Gasteiger partial charge is 0.478 e. The summed E-state index contributed by atoms with van der Waals surface area (Å²) in [6.07, 6.45) is 0.0206. The van der Waals surface area contributed by atoms with Gasteiger partial charge in [-0.1, -0.05) is 12.1 Å². The van der Waals surface area contributed by atoms with E-state index < -0.39 is 5.97 Å². The minimum atomic E-state index is -0.957. The fraction of sp³-hybridized carbons (Fsp3) is 0.429. The van der Waals surface area contributed by atoms with Gasteiger partial charge in [0.1, 0.15) is 6.61 Å². The molecule has 0 aliphatic heterocycles. The van der Waals surface area contributed by atoms with Gasteiger partial charge in [0, 0.05) is 13.6 Å². The number of carbonyl (C=O) groups excluding carboxylic acids is 1. The molecule has 0 aliphatic rings. The molecular weight excluding hydrogens is 246 g/mol.